The predicted molar refractivity (Wildman–Crippen MR) is 128 cm³/mol. The molecule has 0 saturated carbocycles. The van der Waals surface area contributed by atoms with Gasteiger partial charge < -0.3 is 15.4 Å². The Kier molecular flexibility index (Phi) is 6.86. The summed E-state index contributed by atoms with van der Waals surface area (Å²) in [6, 6.07) is 15.8. The van der Waals surface area contributed by atoms with Crippen LogP contribution >= 0.6 is 0 Å². The number of carbonyl (C=O) groups excluding carboxylic acids is 2. The normalized spacial score (nSPS) is 11.4. The number of amides is 2. The summed E-state index contributed by atoms with van der Waals surface area (Å²) in [4.78, 5) is 33.0. The average molecular weight is 494 g/mol. The second-order valence-electron chi connectivity index (χ2n) is 8.19. The summed E-state index contributed by atoms with van der Waals surface area (Å²) >= 11 is 0. The molecule has 0 radical (unpaired) electrons. The van der Waals surface area contributed by atoms with E-state index in [9.17, 15) is 22.8 Å². The first-order chi connectivity index (χ1) is 17.1. The van der Waals surface area contributed by atoms with E-state index in [1.165, 1.54) is 24.5 Å². The van der Waals surface area contributed by atoms with Gasteiger partial charge in [-0.05, 0) is 67.1 Å². The van der Waals surface area contributed by atoms with Crippen molar-refractivity contribution >= 4 is 28.3 Å². The van der Waals surface area contributed by atoms with E-state index in [1.54, 1.807) is 36.4 Å². The first kappa shape index (κ1) is 24.6. The lowest BCUT2D eigenvalue weighted by atomic mass is 10.0. The minimum Gasteiger partial charge on any atom is -0.439 e. The van der Waals surface area contributed by atoms with E-state index in [0.717, 1.165) is 12.1 Å². The molecule has 0 saturated heterocycles. The molecular weight excluding hydrogens is 473 g/mol. The minimum absolute atomic E-state index is 0.0350. The third kappa shape index (κ3) is 5.77. The van der Waals surface area contributed by atoms with Crippen LogP contribution in [0.15, 0.2) is 73.1 Å². The summed E-state index contributed by atoms with van der Waals surface area (Å²) < 4.78 is 44.8. The predicted octanol–water partition coefficient (Wildman–Crippen LogP) is 5.83. The van der Waals surface area contributed by atoms with Crippen molar-refractivity contribution < 1.29 is 27.5 Å². The fourth-order valence-electron chi connectivity index (χ4n) is 3.47. The van der Waals surface area contributed by atoms with Crippen LogP contribution in [0.4, 0.5) is 18.9 Å². The van der Waals surface area contributed by atoms with Gasteiger partial charge in [-0.2, -0.15) is 13.2 Å². The molecule has 36 heavy (non-hydrogen) atoms. The average Bonchev–Trinajstić information content (AvgIpc) is 2.83. The Morgan fingerprint density at radius 1 is 0.917 bits per heavy atom. The fourth-order valence-corrected chi connectivity index (χ4v) is 3.47. The van der Waals surface area contributed by atoms with Crippen molar-refractivity contribution in [2.45, 2.75) is 26.1 Å². The van der Waals surface area contributed by atoms with E-state index < -0.39 is 17.6 Å². The number of rotatable bonds is 6. The van der Waals surface area contributed by atoms with Crippen molar-refractivity contribution in [2.24, 2.45) is 0 Å². The number of aromatic nitrogens is 2. The van der Waals surface area contributed by atoms with E-state index in [-0.39, 0.29) is 34.8 Å². The highest BCUT2D eigenvalue weighted by atomic mass is 19.4. The van der Waals surface area contributed by atoms with Gasteiger partial charge in [-0.1, -0.05) is 18.2 Å². The maximum absolute atomic E-state index is 13.0. The molecule has 4 rings (SSSR count). The topological polar surface area (TPSA) is 93.2 Å². The van der Waals surface area contributed by atoms with Crippen LogP contribution in [0.25, 0.3) is 10.8 Å². The zero-order chi connectivity index (χ0) is 25.9. The van der Waals surface area contributed by atoms with Gasteiger partial charge in [0.05, 0.1) is 5.56 Å². The number of anilines is 1. The van der Waals surface area contributed by atoms with Gasteiger partial charge in [-0.15, -0.1) is 0 Å². The Bertz CT molecular complexity index is 1440. The number of hydrogen-bond acceptors (Lipinski definition) is 5. The Morgan fingerprint density at radius 3 is 2.44 bits per heavy atom. The van der Waals surface area contributed by atoms with Crippen molar-refractivity contribution in [3.05, 3.63) is 89.9 Å². The third-order valence-electron chi connectivity index (χ3n) is 5.06. The lowest BCUT2D eigenvalue weighted by Crippen LogP contribution is -2.30. The first-order valence-electron chi connectivity index (χ1n) is 10.9. The molecule has 1 heterocycles. The van der Waals surface area contributed by atoms with Crippen LogP contribution in [0.2, 0.25) is 0 Å². The molecule has 10 heteroatoms. The molecule has 184 valence electrons. The molecule has 2 amide bonds. The number of halogens is 3. The molecule has 1 aromatic heterocycles. The summed E-state index contributed by atoms with van der Waals surface area (Å²) in [5, 5.41) is 6.50. The van der Waals surface area contributed by atoms with Gasteiger partial charge in [0.15, 0.2) is 0 Å². The fraction of sp³-hybridized carbons (Fsp3) is 0.154. The van der Waals surface area contributed by atoms with Crippen molar-refractivity contribution in [2.75, 3.05) is 5.32 Å². The largest absolute Gasteiger partial charge is 0.439 e. The zero-order valence-corrected chi connectivity index (χ0v) is 19.3. The quantitative estimate of drug-likeness (QED) is 0.352. The molecule has 3 aromatic carbocycles. The van der Waals surface area contributed by atoms with Crippen molar-refractivity contribution in [1.29, 1.82) is 0 Å². The highest BCUT2D eigenvalue weighted by molar-refractivity contribution is 6.13. The molecule has 0 fully saturated rings. The number of alkyl halides is 3. The number of benzene rings is 3. The number of fused-ring (bicyclic) bond motifs is 1. The number of carbonyl (C=O) groups is 2. The molecule has 0 aliphatic heterocycles. The highest BCUT2D eigenvalue weighted by Crippen LogP contribution is 2.31. The van der Waals surface area contributed by atoms with E-state index in [2.05, 4.69) is 20.6 Å². The summed E-state index contributed by atoms with van der Waals surface area (Å²) in [6.45, 7) is 3.67. The van der Waals surface area contributed by atoms with Gasteiger partial charge in [0.2, 0.25) is 5.88 Å². The van der Waals surface area contributed by atoms with Gasteiger partial charge in [-0.3, -0.25) is 9.59 Å². The summed E-state index contributed by atoms with van der Waals surface area (Å²) in [6.07, 6.45) is -3.29. The molecule has 0 aliphatic carbocycles. The third-order valence-corrected chi connectivity index (χ3v) is 5.06. The molecule has 0 spiro atoms. The second-order valence-corrected chi connectivity index (χ2v) is 8.19. The maximum Gasteiger partial charge on any atom is 0.416 e. The number of nitrogens with one attached hydrogen (secondary N) is 2. The number of ether oxygens (including phenoxy) is 1. The molecular formula is C26H21F3N4O3. The zero-order valence-electron chi connectivity index (χ0n) is 19.3. The first-order valence-corrected chi connectivity index (χ1v) is 10.9. The van der Waals surface area contributed by atoms with Crippen LogP contribution in [0, 0.1) is 0 Å². The minimum atomic E-state index is -4.51. The van der Waals surface area contributed by atoms with Crippen LogP contribution in [0.5, 0.6) is 11.6 Å². The van der Waals surface area contributed by atoms with Crippen LogP contribution in [0.1, 0.15) is 40.3 Å². The standard InChI is InChI=1S/C26H21F3N4O3/c1-15(2)32-25(35)22-13-23(31-14-30-22)36-19-9-10-20-16(11-19)5-3-8-21(20)24(34)33-18-7-4-6-17(12-18)26(27,28)29/h3-15H,1-2H3,(H,32,35)(H,33,34). The summed E-state index contributed by atoms with van der Waals surface area (Å²) in [7, 11) is 0. The van der Waals surface area contributed by atoms with Gasteiger partial charge >= 0.3 is 6.18 Å². The van der Waals surface area contributed by atoms with Crippen molar-refractivity contribution in [3.63, 3.8) is 0 Å². The lowest BCUT2D eigenvalue weighted by Gasteiger charge is -2.12. The van der Waals surface area contributed by atoms with Gasteiger partial charge in [-0.25, -0.2) is 9.97 Å². The molecule has 7 nitrogen and oxygen atoms in total. The van der Waals surface area contributed by atoms with E-state index in [4.69, 9.17) is 4.74 Å². The smallest absolute Gasteiger partial charge is 0.416 e. The maximum atomic E-state index is 13.0. The Balaban J connectivity index is 1.55. The van der Waals surface area contributed by atoms with Crippen LogP contribution in [-0.4, -0.2) is 27.8 Å². The van der Waals surface area contributed by atoms with Crippen LogP contribution in [-0.2, 0) is 6.18 Å². The van der Waals surface area contributed by atoms with Gasteiger partial charge in [0, 0.05) is 23.4 Å². The van der Waals surface area contributed by atoms with E-state index in [0.29, 0.717) is 16.5 Å². The molecule has 0 unspecified atom stereocenters. The van der Waals surface area contributed by atoms with Gasteiger partial charge in [0.25, 0.3) is 11.8 Å². The Morgan fingerprint density at radius 2 is 1.69 bits per heavy atom. The lowest BCUT2D eigenvalue weighted by molar-refractivity contribution is -0.137. The summed E-state index contributed by atoms with van der Waals surface area (Å²) in [5.74, 6) is -0.332. The van der Waals surface area contributed by atoms with Crippen LogP contribution < -0.4 is 15.4 Å². The van der Waals surface area contributed by atoms with Gasteiger partial charge in [0.1, 0.15) is 17.8 Å². The van der Waals surface area contributed by atoms with Crippen molar-refractivity contribution in [1.82, 2.24) is 15.3 Å². The number of hydrogen-bond donors (Lipinski definition) is 2. The SMILES string of the molecule is CC(C)NC(=O)c1cc(Oc2ccc3c(C(=O)Nc4cccc(C(F)(F)F)c4)cccc3c2)ncn1. The number of nitrogens with zero attached hydrogens (tertiary/aromatic N) is 2. The Hall–Kier alpha value is -4.47. The summed E-state index contributed by atoms with van der Waals surface area (Å²) in [5.41, 5.74) is -0.378. The highest BCUT2D eigenvalue weighted by Gasteiger charge is 2.30. The second kappa shape index (κ2) is 10.0. The molecule has 0 aliphatic rings. The monoisotopic (exact) mass is 494 g/mol. The molecule has 0 atom stereocenters. The Labute approximate surface area is 204 Å². The van der Waals surface area contributed by atoms with E-state index in [1.807, 2.05) is 13.8 Å². The van der Waals surface area contributed by atoms with Crippen molar-refractivity contribution in [3.8, 4) is 11.6 Å². The van der Waals surface area contributed by atoms with Crippen LogP contribution in [0.3, 0.4) is 0 Å². The molecule has 0 bridgehead atoms. The molecule has 2 N–H and O–H groups in total. The molecule has 4 aromatic rings. The van der Waals surface area contributed by atoms with E-state index >= 15 is 0 Å².